The molecular weight excluding hydrogens is 334 g/mol. The standard InChI is InChI=1S/C16H20BrNO3/c1-11-4-3-9-18(15(11)16(20)21)14(19)8-7-12-5-2-6-13(17)10-12/h2,5-6,10-11,15H,3-4,7-9H2,1H3,(H,20,21). The van der Waals surface area contributed by atoms with Crippen LogP contribution in [-0.4, -0.2) is 34.5 Å². The molecule has 1 N–H and O–H groups in total. The number of piperidine rings is 1. The molecule has 0 radical (unpaired) electrons. The third-order valence-corrected chi connectivity index (χ3v) is 4.52. The van der Waals surface area contributed by atoms with E-state index in [0.29, 0.717) is 19.4 Å². The number of carboxylic acid groups (broad SMARTS) is 1. The molecule has 1 aromatic rings. The van der Waals surface area contributed by atoms with Gasteiger partial charge in [0.2, 0.25) is 5.91 Å². The predicted octanol–water partition coefficient (Wildman–Crippen LogP) is 3.09. The van der Waals surface area contributed by atoms with E-state index in [9.17, 15) is 14.7 Å². The summed E-state index contributed by atoms with van der Waals surface area (Å²) in [5.41, 5.74) is 1.08. The summed E-state index contributed by atoms with van der Waals surface area (Å²) in [5, 5.41) is 9.35. The molecule has 0 aliphatic carbocycles. The number of rotatable bonds is 4. The van der Waals surface area contributed by atoms with Gasteiger partial charge in [0.05, 0.1) is 0 Å². The Labute approximate surface area is 133 Å². The number of benzene rings is 1. The molecule has 1 saturated heterocycles. The molecule has 114 valence electrons. The number of hydrogen-bond acceptors (Lipinski definition) is 2. The lowest BCUT2D eigenvalue weighted by molar-refractivity contribution is -0.154. The van der Waals surface area contributed by atoms with Crippen molar-refractivity contribution in [3.63, 3.8) is 0 Å². The lowest BCUT2D eigenvalue weighted by Crippen LogP contribution is -2.51. The van der Waals surface area contributed by atoms with Crippen molar-refractivity contribution in [1.29, 1.82) is 0 Å². The Morgan fingerprint density at radius 1 is 1.43 bits per heavy atom. The van der Waals surface area contributed by atoms with Gasteiger partial charge in [0.25, 0.3) is 0 Å². The molecule has 1 fully saturated rings. The zero-order chi connectivity index (χ0) is 15.4. The Kier molecular flexibility index (Phi) is 5.39. The molecule has 0 bridgehead atoms. The first kappa shape index (κ1) is 16.0. The third-order valence-electron chi connectivity index (χ3n) is 4.02. The number of carbonyl (C=O) groups excluding carboxylic acids is 1. The van der Waals surface area contributed by atoms with E-state index in [2.05, 4.69) is 15.9 Å². The van der Waals surface area contributed by atoms with E-state index >= 15 is 0 Å². The maximum Gasteiger partial charge on any atom is 0.326 e. The van der Waals surface area contributed by atoms with Gasteiger partial charge in [-0.2, -0.15) is 0 Å². The summed E-state index contributed by atoms with van der Waals surface area (Å²) >= 11 is 3.41. The molecule has 21 heavy (non-hydrogen) atoms. The van der Waals surface area contributed by atoms with Crippen LogP contribution < -0.4 is 0 Å². The first-order valence-electron chi connectivity index (χ1n) is 7.25. The molecule has 2 unspecified atom stereocenters. The Morgan fingerprint density at radius 3 is 2.86 bits per heavy atom. The van der Waals surface area contributed by atoms with E-state index in [1.807, 2.05) is 31.2 Å². The molecule has 1 aliphatic rings. The quantitative estimate of drug-likeness (QED) is 0.904. The number of hydrogen-bond donors (Lipinski definition) is 1. The summed E-state index contributed by atoms with van der Waals surface area (Å²) in [7, 11) is 0. The molecule has 0 aromatic heterocycles. The van der Waals surface area contributed by atoms with E-state index in [1.165, 1.54) is 0 Å². The molecule has 4 nitrogen and oxygen atoms in total. The fourth-order valence-corrected chi connectivity index (χ4v) is 3.38. The van der Waals surface area contributed by atoms with E-state index in [4.69, 9.17) is 0 Å². The Bertz CT molecular complexity index is 532. The van der Waals surface area contributed by atoms with E-state index in [0.717, 1.165) is 22.9 Å². The van der Waals surface area contributed by atoms with Crippen LogP contribution in [0.2, 0.25) is 0 Å². The summed E-state index contributed by atoms with van der Waals surface area (Å²) in [6, 6.07) is 7.17. The fourth-order valence-electron chi connectivity index (χ4n) is 2.93. The lowest BCUT2D eigenvalue weighted by Gasteiger charge is -2.37. The maximum absolute atomic E-state index is 12.4. The Morgan fingerprint density at radius 2 is 2.19 bits per heavy atom. The van der Waals surface area contributed by atoms with Gasteiger partial charge in [-0.1, -0.05) is 35.0 Å². The number of aliphatic carboxylic acids is 1. The zero-order valence-corrected chi connectivity index (χ0v) is 13.7. The summed E-state index contributed by atoms with van der Waals surface area (Å²) in [5.74, 6) is -0.932. The molecule has 5 heteroatoms. The summed E-state index contributed by atoms with van der Waals surface area (Å²) in [6.45, 7) is 2.46. The minimum absolute atomic E-state index is 0.0195. The van der Waals surface area contributed by atoms with Gasteiger partial charge in [-0.3, -0.25) is 4.79 Å². The largest absolute Gasteiger partial charge is 0.480 e. The van der Waals surface area contributed by atoms with Gasteiger partial charge in [-0.05, 0) is 42.9 Å². The average molecular weight is 354 g/mol. The highest BCUT2D eigenvalue weighted by atomic mass is 79.9. The lowest BCUT2D eigenvalue weighted by atomic mass is 9.90. The van der Waals surface area contributed by atoms with Gasteiger partial charge in [-0.25, -0.2) is 4.79 Å². The summed E-state index contributed by atoms with van der Waals surface area (Å²) in [6.07, 6.45) is 2.74. The van der Waals surface area contributed by atoms with Crippen molar-refractivity contribution < 1.29 is 14.7 Å². The predicted molar refractivity (Wildman–Crippen MR) is 84.0 cm³/mol. The van der Waals surface area contributed by atoms with Crippen LogP contribution in [0.25, 0.3) is 0 Å². The van der Waals surface area contributed by atoms with Crippen LogP contribution in [0.1, 0.15) is 31.7 Å². The molecule has 2 rings (SSSR count). The Hall–Kier alpha value is -1.36. The number of nitrogens with zero attached hydrogens (tertiary/aromatic N) is 1. The van der Waals surface area contributed by atoms with Crippen molar-refractivity contribution in [2.45, 2.75) is 38.6 Å². The second-order valence-electron chi connectivity index (χ2n) is 5.62. The first-order chi connectivity index (χ1) is 9.99. The summed E-state index contributed by atoms with van der Waals surface area (Å²) < 4.78 is 0.988. The van der Waals surface area contributed by atoms with Crippen molar-refractivity contribution in [3.05, 3.63) is 34.3 Å². The van der Waals surface area contributed by atoms with Crippen molar-refractivity contribution in [3.8, 4) is 0 Å². The van der Waals surface area contributed by atoms with Crippen LogP contribution in [0.5, 0.6) is 0 Å². The Balaban J connectivity index is 2.00. The SMILES string of the molecule is CC1CCCN(C(=O)CCc2cccc(Br)c2)C1C(=O)O. The molecular formula is C16H20BrNO3. The van der Waals surface area contributed by atoms with Gasteiger partial charge in [0.1, 0.15) is 6.04 Å². The number of carbonyl (C=O) groups is 2. The smallest absolute Gasteiger partial charge is 0.326 e. The minimum Gasteiger partial charge on any atom is -0.480 e. The topological polar surface area (TPSA) is 57.6 Å². The zero-order valence-electron chi connectivity index (χ0n) is 12.1. The average Bonchev–Trinajstić information content (AvgIpc) is 2.44. The molecule has 2 atom stereocenters. The molecule has 0 saturated carbocycles. The number of likely N-dealkylation sites (tertiary alicyclic amines) is 1. The van der Waals surface area contributed by atoms with Crippen LogP contribution in [-0.2, 0) is 16.0 Å². The van der Waals surface area contributed by atoms with Crippen LogP contribution >= 0.6 is 15.9 Å². The highest BCUT2D eigenvalue weighted by molar-refractivity contribution is 9.10. The highest BCUT2D eigenvalue weighted by Gasteiger charge is 2.36. The van der Waals surface area contributed by atoms with E-state index < -0.39 is 12.0 Å². The molecule has 1 aliphatic heterocycles. The normalized spacial score (nSPS) is 22.1. The number of aryl methyl sites for hydroxylation is 1. The van der Waals surface area contributed by atoms with Gasteiger partial charge in [-0.15, -0.1) is 0 Å². The van der Waals surface area contributed by atoms with Crippen LogP contribution in [0.3, 0.4) is 0 Å². The molecule has 1 heterocycles. The van der Waals surface area contributed by atoms with Gasteiger partial charge in [0, 0.05) is 17.4 Å². The van der Waals surface area contributed by atoms with Crippen molar-refractivity contribution in [2.24, 2.45) is 5.92 Å². The van der Waals surface area contributed by atoms with Crippen molar-refractivity contribution in [2.75, 3.05) is 6.54 Å². The van der Waals surface area contributed by atoms with E-state index in [-0.39, 0.29) is 11.8 Å². The number of amides is 1. The fraction of sp³-hybridized carbons (Fsp3) is 0.500. The second kappa shape index (κ2) is 7.07. The van der Waals surface area contributed by atoms with E-state index in [1.54, 1.807) is 4.90 Å². The molecule has 1 amide bonds. The summed E-state index contributed by atoms with van der Waals surface area (Å²) in [4.78, 5) is 25.3. The van der Waals surface area contributed by atoms with Crippen LogP contribution in [0, 0.1) is 5.92 Å². The first-order valence-corrected chi connectivity index (χ1v) is 8.05. The second-order valence-corrected chi connectivity index (χ2v) is 6.54. The number of halogens is 1. The molecule has 1 aromatic carbocycles. The van der Waals surface area contributed by atoms with Gasteiger partial charge in [0.15, 0.2) is 0 Å². The van der Waals surface area contributed by atoms with Crippen molar-refractivity contribution >= 4 is 27.8 Å². The third kappa shape index (κ3) is 4.06. The van der Waals surface area contributed by atoms with Crippen molar-refractivity contribution in [1.82, 2.24) is 4.90 Å². The van der Waals surface area contributed by atoms with Gasteiger partial charge < -0.3 is 10.0 Å². The maximum atomic E-state index is 12.4. The number of carboxylic acids is 1. The minimum atomic E-state index is -0.891. The van der Waals surface area contributed by atoms with Gasteiger partial charge >= 0.3 is 5.97 Å². The monoisotopic (exact) mass is 353 g/mol. The van der Waals surface area contributed by atoms with Crippen LogP contribution in [0.4, 0.5) is 0 Å². The highest BCUT2D eigenvalue weighted by Crippen LogP contribution is 2.24. The molecule has 0 spiro atoms. The van der Waals surface area contributed by atoms with Crippen LogP contribution in [0.15, 0.2) is 28.7 Å².